The van der Waals surface area contributed by atoms with Crippen molar-refractivity contribution in [1.82, 2.24) is 10.2 Å². The molecule has 0 aliphatic rings. The van der Waals surface area contributed by atoms with E-state index in [4.69, 9.17) is 21.8 Å². The molecule has 10 heteroatoms. The van der Waals surface area contributed by atoms with Crippen LogP contribution in [0.2, 0.25) is 5.02 Å². The van der Waals surface area contributed by atoms with Crippen molar-refractivity contribution >= 4 is 35.0 Å². The van der Waals surface area contributed by atoms with Crippen molar-refractivity contribution in [3.63, 3.8) is 0 Å². The van der Waals surface area contributed by atoms with Crippen LogP contribution in [-0.2, 0) is 5.75 Å². The molecule has 0 fully saturated rings. The Morgan fingerprint density at radius 2 is 1.96 bits per heavy atom. The third kappa shape index (κ3) is 4.01. The molecule has 0 unspecified atom stereocenters. The summed E-state index contributed by atoms with van der Waals surface area (Å²) in [6, 6.07) is 11.0. The monoisotopic (exact) mass is 390 g/mol. The average molecular weight is 391 g/mol. The van der Waals surface area contributed by atoms with Crippen LogP contribution >= 0.6 is 23.4 Å². The minimum Gasteiger partial charge on any atom is -0.411 e. The van der Waals surface area contributed by atoms with E-state index < -0.39 is 10.8 Å². The van der Waals surface area contributed by atoms with Gasteiger partial charge in [-0.25, -0.2) is 0 Å². The van der Waals surface area contributed by atoms with Gasteiger partial charge >= 0.3 is 0 Å². The zero-order valence-electron chi connectivity index (χ0n) is 13.1. The molecule has 0 saturated carbocycles. The lowest BCUT2D eigenvalue weighted by molar-refractivity contribution is -0.385. The van der Waals surface area contributed by atoms with Crippen molar-refractivity contribution in [3.05, 3.63) is 68.7 Å². The van der Waals surface area contributed by atoms with Crippen LogP contribution < -0.4 is 5.73 Å². The molecular weight excluding hydrogens is 380 g/mol. The number of thioether (sulfide) groups is 1. The largest absolute Gasteiger partial charge is 0.411 e. The molecule has 26 heavy (non-hydrogen) atoms. The third-order valence-corrected chi connectivity index (χ3v) is 4.53. The number of nitro benzene ring substituents is 1. The molecule has 8 nitrogen and oxygen atoms in total. The molecule has 2 aromatic carbocycles. The highest BCUT2D eigenvalue weighted by atomic mass is 35.5. The zero-order valence-corrected chi connectivity index (χ0v) is 14.7. The number of rotatable bonds is 6. The molecule has 3 aromatic rings. The fraction of sp³-hybridized carbons (Fsp3) is 0.0625. The summed E-state index contributed by atoms with van der Waals surface area (Å²) in [7, 11) is 0. The molecule has 132 valence electrons. The van der Waals surface area contributed by atoms with Crippen LogP contribution in [0.4, 0.5) is 5.69 Å². The molecule has 1 aromatic heterocycles. The number of halogens is 1. The molecule has 0 saturated heterocycles. The lowest BCUT2D eigenvalue weighted by atomic mass is 10.1. The number of nitrogens with zero attached hydrogens (tertiary/aromatic N) is 3. The van der Waals surface area contributed by atoms with Gasteiger partial charge in [-0.1, -0.05) is 29.4 Å². The second-order valence-electron chi connectivity index (χ2n) is 5.13. The Kier molecular flexibility index (Phi) is 5.19. The van der Waals surface area contributed by atoms with Crippen LogP contribution in [0.3, 0.4) is 0 Å². The molecule has 0 aliphatic carbocycles. The summed E-state index contributed by atoms with van der Waals surface area (Å²) >= 11 is 6.99. The van der Waals surface area contributed by atoms with Gasteiger partial charge in [0.15, 0.2) is 0 Å². The summed E-state index contributed by atoms with van der Waals surface area (Å²) in [6.45, 7) is 0. The van der Waals surface area contributed by atoms with Crippen molar-refractivity contribution in [2.45, 2.75) is 11.0 Å². The maximum absolute atomic E-state index is 11.2. The van der Waals surface area contributed by atoms with Gasteiger partial charge in [0.05, 0.1) is 4.92 Å². The number of primary amides is 1. The van der Waals surface area contributed by atoms with Gasteiger partial charge < -0.3 is 10.2 Å². The average Bonchev–Trinajstić information content (AvgIpc) is 3.09. The quantitative estimate of drug-likeness (QED) is 0.386. The van der Waals surface area contributed by atoms with Gasteiger partial charge in [-0.05, 0) is 30.3 Å². The van der Waals surface area contributed by atoms with Gasteiger partial charge in [0.1, 0.15) is 0 Å². The Hall–Kier alpha value is -2.91. The lowest BCUT2D eigenvalue weighted by Crippen LogP contribution is -2.11. The van der Waals surface area contributed by atoms with Gasteiger partial charge in [0.2, 0.25) is 11.8 Å². The summed E-state index contributed by atoms with van der Waals surface area (Å²) in [4.78, 5) is 21.8. The number of carbonyl (C=O) groups excluding carboxylic acids is 1. The summed E-state index contributed by atoms with van der Waals surface area (Å²) in [5.74, 6) is -0.183. The maximum atomic E-state index is 11.2. The molecule has 1 amide bonds. The number of nitrogens with two attached hydrogens (primary N) is 1. The number of aromatic nitrogens is 2. The van der Waals surface area contributed by atoms with E-state index in [2.05, 4.69) is 10.2 Å². The van der Waals surface area contributed by atoms with Crippen molar-refractivity contribution in [3.8, 4) is 11.5 Å². The van der Waals surface area contributed by atoms with Crippen LogP contribution in [-0.4, -0.2) is 21.0 Å². The number of hydrogen-bond acceptors (Lipinski definition) is 7. The van der Waals surface area contributed by atoms with Crippen LogP contribution in [0.1, 0.15) is 15.9 Å². The van der Waals surface area contributed by atoms with E-state index in [-0.39, 0.29) is 22.2 Å². The van der Waals surface area contributed by atoms with Gasteiger partial charge in [-0.15, -0.1) is 10.2 Å². The molecule has 0 spiro atoms. The van der Waals surface area contributed by atoms with Crippen LogP contribution in [0.5, 0.6) is 0 Å². The smallest absolute Gasteiger partial charge is 0.277 e. The lowest BCUT2D eigenvalue weighted by Gasteiger charge is -2.03. The van der Waals surface area contributed by atoms with E-state index in [1.165, 1.54) is 12.1 Å². The molecule has 0 bridgehead atoms. The van der Waals surface area contributed by atoms with Gasteiger partial charge in [-0.3, -0.25) is 14.9 Å². The van der Waals surface area contributed by atoms with Gasteiger partial charge in [0, 0.05) is 33.5 Å². The number of benzene rings is 2. The highest BCUT2D eigenvalue weighted by Gasteiger charge is 2.18. The molecular formula is C16H11ClN4O4S. The summed E-state index contributed by atoms with van der Waals surface area (Å²) in [5, 5.41) is 19.9. The Bertz CT molecular complexity index is 975. The topological polar surface area (TPSA) is 125 Å². The SMILES string of the molecule is NC(=O)c1ccc(CSc2nnc(-c3ccc(Cl)cc3)o2)c([N+](=O)[O-])c1. The summed E-state index contributed by atoms with van der Waals surface area (Å²) < 4.78 is 5.55. The van der Waals surface area contributed by atoms with E-state index >= 15 is 0 Å². The maximum Gasteiger partial charge on any atom is 0.277 e. The zero-order chi connectivity index (χ0) is 18.7. The first-order chi connectivity index (χ1) is 12.4. The number of hydrogen-bond donors (Lipinski definition) is 1. The van der Waals surface area contributed by atoms with Crippen LogP contribution in [0.25, 0.3) is 11.5 Å². The number of carbonyl (C=O) groups is 1. The van der Waals surface area contributed by atoms with E-state index in [1.807, 2.05) is 0 Å². The predicted octanol–water partition coefficient (Wildman–Crippen LogP) is 3.69. The molecule has 2 N–H and O–H groups in total. The Labute approximate surface area is 156 Å². The Balaban J connectivity index is 1.76. The second-order valence-corrected chi connectivity index (χ2v) is 6.50. The van der Waals surface area contributed by atoms with E-state index in [0.29, 0.717) is 22.0 Å². The van der Waals surface area contributed by atoms with Crippen molar-refractivity contribution in [2.24, 2.45) is 5.73 Å². The Morgan fingerprint density at radius 1 is 1.23 bits per heavy atom. The van der Waals surface area contributed by atoms with Crippen LogP contribution in [0, 0.1) is 10.1 Å². The van der Waals surface area contributed by atoms with E-state index in [1.54, 1.807) is 24.3 Å². The fourth-order valence-electron chi connectivity index (χ4n) is 2.13. The molecule has 0 atom stereocenters. The minimum atomic E-state index is -0.725. The Morgan fingerprint density at radius 3 is 2.62 bits per heavy atom. The first-order valence-corrected chi connectivity index (χ1v) is 8.60. The predicted molar refractivity (Wildman–Crippen MR) is 95.9 cm³/mol. The number of nitro groups is 1. The number of amides is 1. The van der Waals surface area contributed by atoms with E-state index in [9.17, 15) is 14.9 Å². The highest BCUT2D eigenvalue weighted by Crippen LogP contribution is 2.30. The second kappa shape index (κ2) is 7.54. The summed E-state index contributed by atoms with van der Waals surface area (Å²) in [5.41, 5.74) is 6.17. The standard InChI is InChI=1S/C16H11ClN4O4S/c17-12-5-3-9(4-6-12)15-19-20-16(25-15)26-8-11-2-1-10(14(18)22)7-13(11)21(23)24/h1-7H,8H2,(H2,18,22). The van der Waals surface area contributed by atoms with Crippen molar-refractivity contribution in [1.29, 1.82) is 0 Å². The van der Waals surface area contributed by atoms with Crippen LogP contribution in [0.15, 0.2) is 52.1 Å². The summed E-state index contributed by atoms with van der Waals surface area (Å²) in [6.07, 6.45) is 0. The molecule has 1 heterocycles. The molecule has 0 aliphatic heterocycles. The van der Waals surface area contributed by atoms with Crippen molar-refractivity contribution < 1.29 is 14.1 Å². The first-order valence-electron chi connectivity index (χ1n) is 7.23. The third-order valence-electron chi connectivity index (χ3n) is 3.42. The molecule has 3 rings (SSSR count). The minimum absolute atomic E-state index is 0.0771. The molecule has 0 radical (unpaired) electrons. The van der Waals surface area contributed by atoms with E-state index in [0.717, 1.165) is 17.8 Å². The van der Waals surface area contributed by atoms with Gasteiger partial charge in [0.25, 0.3) is 10.9 Å². The normalized spacial score (nSPS) is 10.7. The van der Waals surface area contributed by atoms with Crippen molar-refractivity contribution in [2.75, 3.05) is 0 Å². The highest BCUT2D eigenvalue weighted by molar-refractivity contribution is 7.98. The fourth-order valence-corrected chi connectivity index (χ4v) is 3.01. The van der Waals surface area contributed by atoms with Gasteiger partial charge in [-0.2, -0.15) is 0 Å². The first kappa shape index (κ1) is 17.9.